The van der Waals surface area contributed by atoms with Gasteiger partial charge in [-0.25, -0.2) is 4.39 Å². The average Bonchev–Trinajstić information content (AvgIpc) is 2.77. The summed E-state index contributed by atoms with van der Waals surface area (Å²) in [6, 6.07) is 4.86. The van der Waals surface area contributed by atoms with Crippen LogP contribution in [0.3, 0.4) is 0 Å². The minimum absolute atomic E-state index is 0.0125. The summed E-state index contributed by atoms with van der Waals surface area (Å²) in [6.07, 6.45) is 0. The van der Waals surface area contributed by atoms with E-state index in [2.05, 4.69) is 5.32 Å². The normalized spacial score (nSPS) is 14.8. The summed E-state index contributed by atoms with van der Waals surface area (Å²) < 4.78 is 13.3. The second kappa shape index (κ2) is 6.06. The summed E-state index contributed by atoms with van der Waals surface area (Å²) in [5.74, 6) is 0.484. The predicted octanol–water partition coefficient (Wildman–Crippen LogP) is 1.28. The van der Waals surface area contributed by atoms with Gasteiger partial charge in [-0.1, -0.05) is 12.1 Å². The van der Waals surface area contributed by atoms with Crippen LogP contribution in [-0.2, 0) is 16.1 Å². The van der Waals surface area contributed by atoms with Crippen molar-refractivity contribution >= 4 is 23.6 Å². The number of thioether (sulfide) groups is 1. The Morgan fingerprint density at radius 3 is 2.95 bits per heavy atom. The summed E-state index contributed by atoms with van der Waals surface area (Å²) in [7, 11) is 0. The van der Waals surface area contributed by atoms with Crippen LogP contribution in [0.25, 0.3) is 0 Å². The molecule has 1 heterocycles. The van der Waals surface area contributed by atoms with Crippen LogP contribution < -0.4 is 5.32 Å². The fourth-order valence-electron chi connectivity index (χ4n) is 1.72. The minimum Gasteiger partial charge on any atom is -0.350 e. The van der Waals surface area contributed by atoms with E-state index in [-0.39, 0.29) is 30.7 Å². The zero-order valence-electron chi connectivity index (χ0n) is 10.6. The molecule has 2 amide bonds. The molecule has 0 aromatic heterocycles. The molecule has 0 saturated carbocycles. The number of halogens is 1. The van der Waals surface area contributed by atoms with Crippen LogP contribution in [0.1, 0.15) is 11.1 Å². The second-order valence-corrected chi connectivity index (χ2v) is 5.38. The Morgan fingerprint density at radius 2 is 2.32 bits per heavy atom. The van der Waals surface area contributed by atoms with Crippen molar-refractivity contribution in [3.8, 4) is 0 Å². The number of carbonyl (C=O) groups is 2. The van der Waals surface area contributed by atoms with Crippen molar-refractivity contribution in [3.05, 3.63) is 35.1 Å². The van der Waals surface area contributed by atoms with Gasteiger partial charge in [-0.05, 0) is 24.1 Å². The molecule has 0 spiro atoms. The van der Waals surface area contributed by atoms with Crippen LogP contribution in [0.2, 0.25) is 0 Å². The molecule has 102 valence electrons. The van der Waals surface area contributed by atoms with Gasteiger partial charge in [0.2, 0.25) is 11.8 Å². The zero-order valence-corrected chi connectivity index (χ0v) is 11.4. The SMILES string of the molecule is Cc1ccc(CNC(=O)CN2CSCC2=O)cc1F. The number of hydrogen-bond acceptors (Lipinski definition) is 3. The molecule has 6 heteroatoms. The van der Waals surface area contributed by atoms with Crippen LogP contribution >= 0.6 is 11.8 Å². The molecule has 1 N–H and O–H groups in total. The topological polar surface area (TPSA) is 49.4 Å². The Bertz CT molecular complexity index is 507. The molecule has 4 nitrogen and oxygen atoms in total. The maximum absolute atomic E-state index is 13.3. The van der Waals surface area contributed by atoms with E-state index in [0.717, 1.165) is 0 Å². The number of benzene rings is 1. The molecule has 1 aromatic rings. The fraction of sp³-hybridized carbons (Fsp3) is 0.385. The highest BCUT2D eigenvalue weighted by molar-refractivity contribution is 8.00. The summed E-state index contributed by atoms with van der Waals surface area (Å²) in [6.45, 7) is 2.03. The molecule has 19 heavy (non-hydrogen) atoms. The number of nitrogens with one attached hydrogen (secondary N) is 1. The molecule has 1 saturated heterocycles. The van der Waals surface area contributed by atoms with Crippen molar-refractivity contribution in [3.63, 3.8) is 0 Å². The van der Waals surface area contributed by atoms with Gasteiger partial charge in [-0.3, -0.25) is 9.59 Å². The van der Waals surface area contributed by atoms with Crippen molar-refractivity contribution in [1.29, 1.82) is 0 Å². The van der Waals surface area contributed by atoms with Gasteiger partial charge in [0.05, 0.1) is 11.6 Å². The smallest absolute Gasteiger partial charge is 0.239 e. The summed E-state index contributed by atoms with van der Waals surface area (Å²) in [5, 5.41) is 2.68. The van der Waals surface area contributed by atoms with E-state index in [1.165, 1.54) is 22.7 Å². The molecule has 0 unspecified atom stereocenters. The summed E-state index contributed by atoms with van der Waals surface area (Å²) in [5.41, 5.74) is 1.29. The maximum Gasteiger partial charge on any atom is 0.239 e. The van der Waals surface area contributed by atoms with E-state index < -0.39 is 0 Å². The molecule has 1 fully saturated rings. The van der Waals surface area contributed by atoms with Gasteiger partial charge in [0, 0.05) is 6.54 Å². The highest BCUT2D eigenvalue weighted by Crippen LogP contribution is 2.14. The van der Waals surface area contributed by atoms with Crippen molar-refractivity contribution in [2.24, 2.45) is 0 Å². The van der Waals surface area contributed by atoms with Gasteiger partial charge < -0.3 is 10.2 Å². The van der Waals surface area contributed by atoms with Gasteiger partial charge in [0.25, 0.3) is 0 Å². The van der Waals surface area contributed by atoms with Gasteiger partial charge >= 0.3 is 0 Å². The van der Waals surface area contributed by atoms with Crippen LogP contribution in [0, 0.1) is 12.7 Å². The molecular weight excluding hydrogens is 267 g/mol. The molecule has 1 aromatic carbocycles. The first-order valence-corrected chi connectivity index (χ1v) is 7.09. The lowest BCUT2D eigenvalue weighted by Crippen LogP contribution is -2.37. The molecule has 0 atom stereocenters. The molecule has 0 aliphatic carbocycles. The number of carbonyl (C=O) groups excluding carboxylic acids is 2. The quantitative estimate of drug-likeness (QED) is 0.905. The number of nitrogens with zero attached hydrogens (tertiary/aromatic N) is 1. The van der Waals surface area contributed by atoms with Crippen molar-refractivity contribution in [2.45, 2.75) is 13.5 Å². The van der Waals surface area contributed by atoms with Gasteiger partial charge in [-0.2, -0.15) is 0 Å². The first-order chi connectivity index (χ1) is 9.06. The lowest BCUT2D eigenvalue weighted by atomic mass is 10.1. The van der Waals surface area contributed by atoms with Crippen LogP contribution in [0.15, 0.2) is 18.2 Å². The van der Waals surface area contributed by atoms with E-state index in [0.29, 0.717) is 22.8 Å². The zero-order chi connectivity index (χ0) is 13.8. The lowest BCUT2D eigenvalue weighted by Gasteiger charge is -2.14. The maximum atomic E-state index is 13.3. The van der Waals surface area contributed by atoms with E-state index in [1.807, 2.05) is 0 Å². The van der Waals surface area contributed by atoms with Crippen LogP contribution in [0.4, 0.5) is 4.39 Å². The first kappa shape index (κ1) is 13.9. The Kier molecular flexibility index (Phi) is 4.42. The monoisotopic (exact) mass is 282 g/mol. The van der Waals surface area contributed by atoms with Gasteiger partial charge in [-0.15, -0.1) is 11.8 Å². The molecule has 1 aliphatic rings. The standard InChI is InChI=1S/C13H15FN2O2S/c1-9-2-3-10(4-11(9)14)5-15-12(17)6-16-8-19-7-13(16)18/h2-4H,5-8H2,1H3,(H,15,17). The molecule has 2 rings (SSSR count). The Labute approximate surface area is 115 Å². The van der Waals surface area contributed by atoms with Gasteiger partial charge in [0.15, 0.2) is 0 Å². The summed E-state index contributed by atoms with van der Waals surface area (Å²) >= 11 is 1.50. The Morgan fingerprint density at radius 1 is 1.53 bits per heavy atom. The van der Waals surface area contributed by atoms with Crippen molar-refractivity contribution < 1.29 is 14.0 Å². The first-order valence-electron chi connectivity index (χ1n) is 5.93. The van der Waals surface area contributed by atoms with E-state index in [4.69, 9.17) is 0 Å². The highest BCUT2D eigenvalue weighted by Gasteiger charge is 2.22. The average molecular weight is 282 g/mol. The Balaban J connectivity index is 1.82. The van der Waals surface area contributed by atoms with Crippen LogP contribution in [-0.4, -0.2) is 34.9 Å². The molecule has 0 radical (unpaired) electrons. The van der Waals surface area contributed by atoms with E-state index in [1.54, 1.807) is 19.1 Å². The summed E-state index contributed by atoms with van der Waals surface area (Å²) in [4.78, 5) is 24.5. The van der Waals surface area contributed by atoms with E-state index in [9.17, 15) is 14.0 Å². The lowest BCUT2D eigenvalue weighted by molar-refractivity contribution is -0.132. The third kappa shape index (κ3) is 3.70. The number of hydrogen-bond donors (Lipinski definition) is 1. The number of aryl methyl sites for hydroxylation is 1. The minimum atomic E-state index is -0.280. The number of amides is 2. The second-order valence-electron chi connectivity index (χ2n) is 4.43. The molecular formula is C13H15FN2O2S. The van der Waals surface area contributed by atoms with E-state index >= 15 is 0 Å². The molecule has 0 bridgehead atoms. The van der Waals surface area contributed by atoms with Crippen molar-refractivity contribution in [1.82, 2.24) is 10.2 Å². The third-order valence-electron chi connectivity index (χ3n) is 2.89. The largest absolute Gasteiger partial charge is 0.350 e. The number of rotatable bonds is 4. The van der Waals surface area contributed by atoms with Crippen molar-refractivity contribution in [2.75, 3.05) is 18.2 Å². The third-order valence-corrected chi connectivity index (χ3v) is 3.83. The highest BCUT2D eigenvalue weighted by atomic mass is 32.2. The van der Waals surface area contributed by atoms with Crippen LogP contribution in [0.5, 0.6) is 0 Å². The fourth-order valence-corrected chi connectivity index (χ4v) is 2.62. The van der Waals surface area contributed by atoms with Gasteiger partial charge in [0.1, 0.15) is 12.4 Å². The Hall–Kier alpha value is -1.56. The molecule has 1 aliphatic heterocycles. The predicted molar refractivity (Wildman–Crippen MR) is 72.0 cm³/mol.